The van der Waals surface area contributed by atoms with Gasteiger partial charge in [-0.1, -0.05) is 12.1 Å². The van der Waals surface area contributed by atoms with E-state index in [0.717, 1.165) is 0 Å². The first kappa shape index (κ1) is 19.3. The van der Waals surface area contributed by atoms with E-state index in [1.165, 1.54) is 0 Å². The topological polar surface area (TPSA) is 68.3 Å². The number of hydrogen-bond acceptors (Lipinski definition) is 5. The van der Waals surface area contributed by atoms with E-state index in [4.69, 9.17) is 14.2 Å². The molecule has 3 rings (SSSR count). The summed E-state index contributed by atoms with van der Waals surface area (Å²) in [5.41, 5.74) is -0.517. The largest absolute Gasteiger partial charge is 0.485 e. The van der Waals surface area contributed by atoms with Crippen LogP contribution in [0.4, 0.5) is 4.79 Å². The lowest BCUT2D eigenvalue weighted by Crippen LogP contribution is -2.52. The fourth-order valence-corrected chi connectivity index (χ4v) is 3.30. The van der Waals surface area contributed by atoms with E-state index in [1.54, 1.807) is 22.9 Å². The van der Waals surface area contributed by atoms with Crippen molar-refractivity contribution < 1.29 is 23.8 Å². The fraction of sp³-hybridized carbons (Fsp3) is 0.600. The zero-order valence-electron chi connectivity index (χ0n) is 16.4. The number of amides is 2. The second-order valence-electron chi connectivity index (χ2n) is 8.01. The third kappa shape index (κ3) is 4.64. The van der Waals surface area contributed by atoms with Crippen molar-refractivity contribution in [3.63, 3.8) is 0 Å². The molecule has 0 spiro atoms. The molecule has 7 heteroatoms. The van der Waals surface area contributed by atoms with Gasteiger partial charge >= 0.3 is 6.09 Å². The Kier molecular flexibility index (Phi) is 5.48. The first-order chi connectivity index (χ1) is 12.7. The molecule has 1 fully saturated rings. The summed E-state index contributed by atoms with van der Waals surface area (Å²) in [5, 5.41) is 0. The number of hydrogen-bond donors (Lipinski definition) is 0. The van der Waals surface area contributed by atoms with Crippen molar-refractivity contribution in [3.8, 4) is 11.5 Å². The maximum Gasteiger partial charge on any atom is 0.410 e. The average molecular weight is 376 g/mol. The molecule has 0 unspecified atom stereocenters. The van der Waals surface area contributed by atoms with Crippen molar-refractivity contribution in [2.45, 2.75) is 51.4 Å². The van der Waals surface area contributed by atoms with Gasteiger partial charge in [-0.2, -0.15) is 0 Å². The van der Waals surface area contributed by atoms with Gasteiger partial charge in [0.25, 0.3) is 5.91 Å². The van der Waals surface area contributed by atoms with Gasteiger partial charge < -0.3 is 24.0 Å². The monoisotopic (exact) mass is 376 g/mol. The molecule has 7 nitrogen and oxygen atoms in total. The number of carbonyl (C=O) groups is 2. The van der Waals surface area contributed by atoms with Crippen LogP contribution in [0.2, 0.25) is 0 Å². The second-order valence-corrected chi connectivity index (χ2v) is 8.01. The molecule has 2 aliphatic rings. The summed E-state index contributed by atoms with van der Waals surface area (Å²) in [6.07, 6.45) is 0.477. The smallest absolute Gasteiger partial charge is 0.410 e. The summed E-state index contributed by atoms with van der Waals surface area (Å²) < 4.78 is 16.9. The molecular formula is C20H28N2O5. The van der Waals surface area contributed by atoms with Crippen molar-refractivity contribution >= 4 is 12.0 Å². The van der Waals surface area contributed by atoms with Gasteiger partial charge in [-0.15, -0.1) is 0 Å². The van der Waals surface area contributed by atoms with E-state index < -0.39 is 11.7 Å². The van der Waals surface area contributed by atoms with E-state index in [2.05, 4.69) is 0 Å². The molecule has 2 heterocycles. The fourth-order valence-electron chi connectivity index (χ4n) is 3.30. The Balaban J connectivity index is 1.52. The minimum atomic E-state index is -0.625. The van der Waals surface area contributed by atoms with Crippen LogP contribution in [0.15, 0.2) is 24.3 Å². The molecule has 148 valence electrons. The van der Waals surface area contributed by atoms with Crippen LogP contribution in [0.3, 0.4) is 0 Å². The third-order valence-electron chi connectivity index (χ3n) is 4.79. The molecule has 0 aromatic heterocycles. The van der Waals surface area contributed by atoms with Crippen LogP contribution < -0.4 is 9.47 Å². The summed E-state index contributed by atoms with van der Waals surface area (Å²) >= 11 is 0. The van der Waals surface area contributed by atoms with Crippen molar-refractivity contribution in [1.29, 1.82) is 0 Å². The second kappa shape index (κ2) is 7.66. The highest BCUT2D eigenvalue weighted by Crippen LogP contribution is 2.31. The highest BCUT2D eigenvalue weighted by molar-refractivity contribution is 5.82. The molecule has 27 heavy (non-hydrogen) atoms. The normalized spacial score (nSPS) is 20.1. The molecule has 0 N–H and O–H groups in total. The highest BCUT2D eigenvalue weighted by atomic mass is 16.6. The minimum Gasteiger partial charge on any atom is -0.485 e. The Hall–Kier alpha value is -2.44. The minimum absolute atomic E-state index is 0.0631. The van der Waals surface area contributed by atoms with Gasteiger partial charge in [0.05, 0.1) is 0 Å². The van der Waals surface area contributed by atoms with Gasteiger partial charge in [0, 0.05) is 26.2 Å². The molecule has 1 saturated heterocycles. The Morgan fingerprint density at radius 3 is 2.41 bits per heavy atom. The number of carbonyl (C=O) groups excluding carboxylic acids is 2. The lowest BCUT2D eigenvalue weighted by atomic mass is 10.0. The summed E-state index contributed by atoms with van der Waals surface area (Å²) in [5.74, 6) is 1.20. The molecule has 0 saturated carbocycles. The molecular weight excluding hydrogens is 348 g/mol. The molecule has 2 amide bonds. The van der Waals surface area contributed by atoms with E-state index in [1.807, 2.05) is 39.0 Å². The third-order valence-corrected chi connectivity index (χ3v) is 4.79. The van der Waals surface area contributed by atoms with Crippen LogP contribution in [0.25, 0.3) is 0 Å². The van der Waals surface area contributed by atoms with Crippen LogP contribution >= 0.6 is 0 Å². The van der Waals surface area contributed by atoms with Gasteiger partial charge in [-0.25, -0.2) is 4.79 Å². The average Bonchev–Trinajstić information content (AvgIpc) is 2.65. The lowest BCUT2D eigenvalue weighted by molar-refractivity contribution is -0.142. The van der Waals surface area contributed by atoms with Crippen LogP contribution in [-0.4, -0.2) is 66.3 Å². The maximum atomic E-state index is 12.8. The zero-order chi connectivity index (χ0) is 19.6. The Morgan fingerprint density at radius 2 is 1.78 bits per heavy atom. The number of nitrogens with zero attached hydrogens (tertiary/aromatic N) is 2. The summed E-state index contributed by atoms with van der Waals surface area (Å²) in [4.78, 5) is 28.4. The van der Waals surface area contributed by atoms with Crippen molar-refractivity contribution in [2.24, 2.45) is 0 Å². The predicted molar refractivity (Wildman–Crippen MR) is 100.0 cm³/mol. The summed E-state index contributed by atoms with van der Waals surface area (Å²) in [7, 11) is 1.76. The number of para-hydroxylation sites is 2. The highest BCUT2D eigenvalue weighted by Gasteiger charge is 2.35. The molecule has 2 aliphatic heterocycles. The molecule has 0 radical (unpaired) electrons. The van der Waals surface area contributed by atoms with Gasteiger partial charge in [-0.05, 0) is 45.7 Å². The first-order valence-electron chi connectivity index (χ1n) is 9.37. The summed E-state index contributed by atoms with van der Waals surface area (Å²) in [6, 6.07) is 7.42. The van der Waals surface area contributed by atoms with Crippen molar-refractivity contribution in [3.05, 3.63) is 24.3 Å². The van der Waals surface area contributed by atoms with Crippen molar-refractivity contribution in [2.75, 3.05) is 26.7 Å². The first-order valence-corrected chi connectivity index (χ1v) is 9.37. The van der Waals surface area contributed by atoms with Crippen LogP contribution in [-0.2, 0) is 9.53 Å². The molecule has 1 aromatic rings. The van der Waals surface area contributed by atoms with E-state index in [0.29, 0.717) is 37.4 Å². The van der Waals surface area contributed by atoms with Gasteiger partial charge in [0.15, 0.2) is 11.5 Å². The Morgan fingerprint density at radius 1 is 1.15 bits per heavy atom. The molecule has 0 bridgehead atoms. The molecule has 1 aromatic carbocycles. The van der Waals surface area contributed by atoms with Crippen molar-refractivity contribution in [1.82, 2.24) is 9.80 Å². The number of piperidine rings is 1. The van der Waals surface area contributed by atoms with E-state index in [-0.39, 0.29) is 24.6 Å². The number of fused-ring (bicyclic) bond motifs is 1. The Bertz CT molecular complexity index is 692. The van der Waals surface area contributed by atoms with Gasteiger partial charge in [0.2, 0.25) is 6.10 Å². The SMILES string of the molecule is CN(C(=O)OC(C)(C)C)C1CCN(C(=O)[C@H]2COc3ccccc3O2)CC1. The Labute approximate surface area is 160 Å². The van der Waals surface area contributed by atoms with Gasteiger partial charge in [0.1, 0.15) is 12.2 Å². The van der Waals surface area contributed by atoms with Crippen LogP contribution in [0, 0.1) is 0 Å². The number of likely N-dealkylation sites (tertiary alicyclic amines) is 1. The number of benzene rings is 1. The zero-order valence-corrected chi connectivity index (χ0v) is 16.4. The quantitative estimate of drug-likeness (QED) is 0.794. The molecule has 0 aliphatic carbocycles. The standard InChI is InChI=1S/C20H28N2O5/c1-20(2,3)27-19(24)21(4)14-9-11-22(12-10-14)18(23)17-13-25-15-7-5-6-8-16(15)26-17/h5-8,14,17H,9-13H2,1-4H3/t17-/m1/s1. The number of ether oxygens (including phenoxy) is 3. The molecule has 1 atom stereocenters. The summed E-state index contributed by atoms with van der Waals surface area (Å²) in [6.45, 7) is 6.93. The number of rotatable bonds is 2. The van der Waals surface area contributed by atoms with E-state index >= 15 is 0 Å². The van der Waals surface area contributed by atoms with Crippen LogP contribution in [0.1, 0.15) is 33.6 Å². The van der Waals surface area contributed by atoms with E-state index in [9.17, 15) is 9.59 Å². The van der Waals surface area contributed by atoms with Crippen LogP contribution in [0.5, 0.6) is 11.5 Å². The maximum absolute atomic E-state index is 12.8. The van der Waals surface area contributed by atoms with Gasteiger partial charge in [-0.3, -0.25) is 4.79 Å². The predicted octanol–water partition coefficient (Wildman–Crippen LogP) is 2.68. The lowest BCUT2D eigenvalue weighted by Gasteiger charge is -2.38.